The summed E-state index contributed by atoms with van der Waals surface area (Å²) < 4.78 is 23.9. The van der Waals surface area contributed by atoms with Crippen molar-refractivity contribution in [2.24, 2.45) is 0 Å². The Hall–Kier alpha value is -1.98. The number of hydrogen-bond donors (Lipinski definition) is 1. The number of likely N-dealkylation sites (tertiary alicyclic amines) is 1. The summed E-state index contributed by atoms with van der Waals surface area (Å²) >= 11 is 0. The summed E-state index contributed by atoms with van der Waals surface area (Å²) in [6, 6.07) is 4.82. The van der Waals surface area contributed by atoms with Crippen molar-refractivity contribution >= 4 is 11.8 Å². The number of carbonyl (C=O) groups is 1. The third-order valence-corrected chi connectivity index (χ3v) is 3.36. The quantitative estimate of drug-likeness (QED) is 0.931. The van der Waals surface area contributed by atoms with Crippen LogP contribution in [0.1, 0.15) is 27.2 Å². The van der Waals surface area contributed by atoms with Gasteiger partial charge in [0, 0.05) is 30.9 Å². The first-order valence-corrected chi connectivity index (χ1v) is 7.36. The molecule has 1 unspecified atom stereocenters. The van der Waals surface area contributed by atoms with E-state index in [0.29, 0.717) is 18.8 Å². The zero-order valence-corrected chi connectivity index (χ0v) is 13.5. The van der Waals surface area contributed by atoms with Gasteiger partial charge in [-0.2, -0.15) is 0 Å². The summed E-state index contributed by atoms with van der Waals surface area (Å²) in [5.41, 5.74) is 0.177. The smallest absolute Gasteiger partial charge is 0.410 e. The van der Waals surface area contributed by atoms with Crippen molar-refractivity contribution in [2.75, 3.05) is 25.5 Å². The van der Waals surface area contributed by atoms with E-state index in [2.05, 4.69) is 5.32 Å². The van der Waals surface area contributed by atoms with E-state index in [1.165, 1.54) is 13.2 Å². The molecule has 1 N–H and O–H groups in total. The minimum Gasteiger partial charge on any atom is -0.494 e. The zero-order chi connectivity index (χ0) is 16.3. The fourth-order valence-electron chi connectivity index (χ4n) is 2.36. The lowest BCUT2D eigenvalue weighted by atomic mass is 10.2. The van der Waals surface area contributed by atoms with E-state index in [-0.39, 0.29) is 17.9 Å². The van der Waals surface area contributed by atoms with Gasteiger partial charge in [-0.25, -0.2) is 9.18 Å². The standard InChI is InChI=1S/C16H23FN2O3/c1-16(2,3)22-15(20)19-8-7-12(10-19)18-11-5-6-14(21-4)13(17)9-11/h5-6,9,12,18H,7-8,10H2,1-4H3. The Bertz CT molecular complexity index is 543. The molecule has 6 heteroatoms. The lowest BCUT2D eigenvalue weighted by Crippen LogP contribution is -2.36. The molecule has 1 amide bonds. The fraction of sp³-hybridized carbons (Fsp3) is 0.562. The Kier molecular flexibility index (Phi) is 4.78. The Labute approximate surface area is 130 Å². The zero-order valence-electron chi connectivity index (χ0n) is 13.5. The van der Waals surface area contributed by atoms with Crippen LogP contribution in [0.5, 0.6) is 5.75 Å². The first kappa shape index (κ1) is 16.4. The van der Waals surface area contributed by atoms with Crippen LogP contribution in [0, 0.1) is 5.82 Å². The summed E-state index contributed by atoms with van der Waals surface area (Å²) in [7, 11) is 1.43. The van der Waals surface area contributed by atoms with Crippen LogP contribution in [-0.4, -0.2) is 42.8 Å². The minimum absolute atomic E-state index is 0.0836. The van der Waals surface area contributed by atoms with Crippen LogP contribution < -0.4 is 10.1 Å². The third-order valence-electron chi connectivity index (χ3n) is 3.36. The molecule has 0 radical (unpaired) electrons. The summed E-state index contributed by atoms with van der Waals surface area (Å²) in [5, 5.41) is 3.24. The van der Waals surface area contributed by atoms with Crippen molar-refractivity contribution in [1.29, 1.82) is 0 Å². The number of halogens is 1. The second-order valence-electron chi connectivity index (χ2n) is 6.41. The van der Waals surface area contributed by atoms with Crippen molar-refractivity contribution in [2.45, 2.75) is 38.8 Å². The molecule has 1 fully saturated rings. The molecular weight excluding hydrogens is 287 g/mol. The molecule has 22 heavy (non-hydrogen) atoms. The van der Waals surface area contributed by atoms with Crippen molar-refractivity contribution in [3.05, 3.63) is 24.0 Å². The van der Waals surface area contributed by atoms with E-state index >= 15 is 0 Å². The summed E-state index contributed by atoms with van der Waals surface area (Å²) in [4.78, 5) is 13.7. The predicted molar refractivity (Wildman–Crippen MR) is 82.8 cm³/mol. The number of ether oxygens (including phenoxy) is 2. The molecule has 0 spiro atoms. The molecular formula is C16H23FN2O3. The van der Waals surface area contributed by atoms with E-state index in [9.17, 15) is 9.18 Å². The molecule has 1 atom stereocenters. The van der Waals surface area contributed by atoms with Crippen LogP contribution in [0.25, 0.3) is 0 Å². The Morgan fingerprint density at radius 2 is 2.14 bits per heavy atom. The molecule has 1 heterocycles. The summed E-state index contributed by atoms with van der Waals surface area (Å²) in [6.45, 7) is 6.71. The fourth-order valence-corrected chi connectivity index (χ4v) is 2.36. The molecule has 1 aliphatic rings. The van der Waals surface area contributed by atoms with E-state index in [1.54, 1.807) is 17.0 Å². The van der Waals surface area contributed by atoms with Gasteiger partial charge in [-0.05, 0) is 39.3 Å². The molecule has 2 rings (SSSR count). The molecule has 0 bridgehead atoms. The molecule has 1 aromatic rings. The molecule has 1 saturated heterocycles. The van der Waals surface area contributed by atoms with Gasteiger partial charge in [-0.3, -0.25) is 0 Å². The highest BCUT2D eigenvalue weighted by Gasteiger charge is 2.29. The van der Waals surface area contributed by atoms with Crippen LogP contribution in [-0.2, 0) is 4.74 Å². The van der Waals surface area contributed by atoms with Crippen molar-refractivity contribution < 1.29 is 18.7 Å². The Balaban J connectivity index is 1.91. The van der Waals surface area contributed by atoms with Gasteiger partial charge in [0.1, 0.15) is 5.60 Å². The van der Waals surface area contributed by atoms with Crippen LogP contribution in [0.4, 0.5) is 14.9 Å². The maximum atomic E-state index is 13.7. The second kappa shape index (κ2) is 6.42. The van der Waals surface area contributed by atoms with Crippen molar-refractivity contribution in [3.63, 3.8) is 0 Å². The topological polar surface area (TPSA) is 50.8 Å². The maximum absolute atomic E-state index is 13.7. The van der Waals surface area contributed by atoms with Crippen LogP contribution in [0.3, 0.4) is 0 Å². The molecule has 0 aliphatic carbocycles. The molecule has 1 aliphatic heterocycles. The highest BCUT2D eigenvalue weighted by atomic mass is 19.1. The minimum atomic E-state index is -0.498. The van der Waals surface area contributed by atoms with Gasteiger partial charge < -0.3 is 19.7 Å². The Morgan fingerprint density at radius 3 is 2.73 bits per heavy atom. The molecule has 0 aromatic heterocycles. The van der Waals surface area contributed by atoms with Crippen LogP contribution in [0.2, 0.25) is 0 Å². The van der Waals surface area contributed by atoms with E-state index in [4.69, 9.17) is 9.47 Å². The summed E-state index contributed by atoms with van der Waals surface area (Å²) in [6.07, 6.45) is 0.491. The lowest BCUT2D eigenvalue weighted by Gasteiger charge is -2.24. The first-order chi connectivity index (χ1) is 10.3. The number of benzene rings is 1. The first-order valence-electron chi connectivity index (χ1n) is 7.36. The van der Waals surface area contributed by atoms with Crippen molar-refractivity contribution in [1.82, 2.24) is 4.90 Å². The number of hydrogen-bond acceptors (Lipinski definition) is 4. The normalized spacial score (nSPS) is 18.2. The van der Waals surface area contributed by atoms with Crippen LogP contribution >= 0.6 is 0 Å². The number of methoxy groups -OCH3 is 1. The second-order valence-corrected chi connectivity index (χ2v) is 6.41. The van der Waals surface area contributed by atoms with Gasteiger partial charge in [0.25, 0.3) is 0 Å². The summed E-state index contributed by atoms with van der Waals surface area (Å²) in [5.74, 6) is -0.193. The molecule has 5 nitrogen and oxygen atoms in total. The van der Waals surface area contributed by atoms with E-state index in [1.807, 2.05) is 20.8 Å². The molecule has 122 valence electrons. The van der Waals surface area contributed by atoms with Gasteiger partial charge in [-0.15, -0.1) is 0 Å². The lowest BCUT2D eigenvalue weighted by molar-refractivity contribution is 0.0293. The van der Waals surface area contributed by atoms with Gasteiger partial charge in [0.05, 0.1) is 7.11 Å². The maximum Gasteiger partial charge on any atom is 0.410 e. The Morgan fingerprint density at radius 1 is 1.41 bits per heavy atom. The number of rotatable bonds is 3. The average Bonchev–Trinajstić information content (AvgIpc) is 2.85. The van der Waals surface area contributed by atoms with Crippen molar-refractivity contribution in [3.8, 4) is 5.75 Å². The van der Waals surface area contributed by atoms with Gasteiger partial charge >= 0.3 is 6.09 Å². The highest BCUT2D eigenvalue weighted by Crippen LogP contribution is 2.23. The number of nitrogens with one attached hydrogen (secondary N) is 1. The van der Waals surface area contributed by atoms with Gasteiger partial charge in [0.2, 0.25) is 0 Å². The van der Waals surface area contributed by atoms with Crippen LogP contribution in [0.15, 0.2) is 18.2 Å². The average molecular weight is 310 g/mol. The monoisotopic (exact) mass is 310 g/mol. The van der Waals surface area contributed by atoms with E-state index < -0.39 is 11.4 Å². The number of amides is 1. The van der Waals surface area contributed by atoms with Gasteiger partial charge in [0.15, 0.2) is 11.6 Å². The largest absolute Gasteiger partial charge is 0.494 e. The third kappa shape index (κ3) is 4.26. The molecule has 1 aromatic carbocycles. The molecule has 0 saturated carbocycles. The number of carbonyl (C=O) groups excluding carboxylic acids is 1. The van der Waals surface area contributed by atoms with Gasteiger partial charge in [-0.1, -0.05) is 0 Å². The number of anilines is 1. The highest BCUT2D eigenvalue weighted by molar-refractivity contribution is 5.68. The number of nitrogens with zero attached hydrogens (tertiary/aromatic N) is 1. The van der Waals surface area contributed by atoms with E-state index in [0.717, 1.165) is 6.42 Å². The SMILES string of the molecule is COc1ccc(NC2CCN(C(=O)OC(C)(C)C)C2)cc1F. The predicted octanol–water partition coefficient (Wildman–Crippen LogP) is 3.26.